The lowest BCUT2D eigenvalue weighted by atomic mass is 10.2. The minimum Gasteiger partial charge on any atom is -0.350 e. The SMILES string of the molecule is CN(c1cccc2cc(C(=O)NCC(CN3CCOC(F)(F)C3)SCc3ccccc3)[nH]c12)S(=O)(=O)c1cccs1. The van der Waals surface area contributed by atoms with Gasteiger partial charge in [-0.2, -0.15) is 20.5 Å². The molecule has 0 saturated carbocycles. The van der Waals surface area contributed by atoms with Gasteiger partial charge in [-0.3, -0.25) is 14.0 Å². The second kappa shape index (κ2) is 12.5. The van der Waals surface area contributed by atoms with E-state index >= 15 is 0 Å². The molecule has 2 N–H and O–H groups in total. The summed E-state index contributed by atoms with van der Waals surface area (Å²) in [5.74, 6) is 0.302. The summed E-state index contributed by atoms with van der Waals surface area (Å²) >= 11 is 2.73. The first-order valence-corrected chi connectivity index (χ1v) is 16.3. The molecule has 8 nitrogen and oxygen atoms in total. The molecule has 1 unspecified atom stereocenters. The van der Waals surface area contributed by atoms with E-state index in [1.807, 2.05) is 30.3 Å². The van der Waals surface area contributed by atoms with E-state index in [0.29, 0.717) is 35.4 Å². The maximum absolute atomic E-state index is 13.9. The normalized spacial score (nSPS) is 16.5. The second-order valence-corrected chi connectivity index (χ2v) is 14.1. The van der Waals surface area contributed by atoms with Crippen LogP contribution < -0.4 is 9.62 Å². The predicted molar refractivity (Wildman–Crippen MR) is 159 cm³/mol. The molecule has 0 aliphatic carbocycles. The number of nitrogens with zero attached hydrogens (tertiary/aromatic N) is 2. The fourth-order valence-electron chi connectivity index (χ4n) is 4.62. The number of benzene rings is 2. The molecule has 2 aromatic carbocycles. The maximum atomic E-state index is 13.9. The van der Waals surface area contributed by atoms with Crippen LogP contribution in [-0.2, 0) is 20.5 Å². The predicted octanol–water partition coefficient (Wildman–Crippen LogP) is 5.01. The summed E-state index contributed by atoms with van der Waals surface area (Å²) in [4.78, 5) is 18.0. The average molecular weight is 621 g/mol. The van der Waals surface area contributed by atoms with Crippen molar-refractivity contribution in [1.29, 1.82) is 0 Å². The number of anilines is 1. The summed E-state index contributed by atoms with van der Waals surface area (Å²) in [7, 11) is -2.28. The van der Waals surface area contributed by atoms with Gasteiger partial charge in [-0.25, -0.2) is 8.42 Å². The number of thiophene rings is 1. The minimum absolute atomic E-state index is 0.0521. The molecule has 218 valence electrons. The van der Waals surface area contributed by atoms with Crippen LogP contribution in [0.5, 0.6) is 0 Å². The molecule has 1 saturated heterocycles. The van der Waals surface area contributed by atoms with Gasteiger partial charge in [-0.05, 0) is 29.1 Å². The second-order valence-electron chi connectivity index (χ2n) is 9.68. The Morgan fingerprint density at radius 2 is 2.00 bits per heavy atom. The largest absolute Gasteiger partial charge is 0.368 e. The first kappa shape index (κ1) is 29.5. The first-order valence-electron chi connectivity index (χ1n) is 12.9. The minimum atomic E-state index is -3.76. The van der Waals surface area contributed by atoms with Crippen LogP contribution in [0.4, 0.5) is 14.5 Å². The van der Waals surface area contributed by atoms with Crippen molar-refractivity contribution in [3.63, 3.8) is 0 Å². The summed E-state index contributed by atoms with van der Waals surface area (Å²) < 4.78 is 59.9. The lowest BCUT2D eigenvalue weighted by Crippen LogP contribution is -2.50. The van der Waals surface area contributed by atoms with Gasteiger partial charge >= 0.3 is 6.11 Å². The summed E-state index contributed by atoms with van der Waals surface area (Å²) in [6.45, 7) is 0.464. The van der Waals surface area contributed by atoms with Gasteiger partial charge in [0.25, 0.3) is 15.9 Å². The average Bonchev–Trinajstić information content (AvgIpc) is 3.65. The summed E-state index contributed by atoms with van der Waals surface area (Å²) in [5, 5.41) is 5.17. The Kier molecular flexibility index (Phi) is 9.00. The van der Waals surface area contributed by atoms with Crippen LogP contribution in [-0.4, -0.2) is 75.4 Å². The molecule has 1 atom stereocenters. The lowest BCUT2D eigenvalue weighted by Gasteiger charge is -2.34. The Morgan fingerprint density at radius 3 is 2.73 bits per heavy atom. The molecule has 2 aromatic heterocycles. The van der Waals surface area contributed by atoms with Crippen molar-refractivity contribution < 1.29 is 26.7 Å². The maximum Gasteiger partial charge on any atom is 0.368 e. The quantitative estimate of drug-likeness (QED) is 0.245. The Morgan fingerprint density at radius 1 is 1.20 bits per heavy atom. The van der Waals surface area contributed by atoms with Gasteiger partial charge in [0.15, 0.2) is 0 Å². The van der Waals surface area contributed by atoms with Gasteiger partial charge in [0.05, 0.1) is 24.4 Å². The Hall–Kier alpha value is -2.97. The molecule has 41 heavy (non-hydrogen) atoms. The number of morpholine rings is 1. The number of carbonyl (C=O) groups is 1. The Labute approximate surface area is 245 Å². The van der Waals surface area contributed by atoms with Crippen molar-refractivity contribution in [3.05, 3.63) is 83.4 Å². The van der Waals surface area contributed by atoms with E-state index in [1.165, 1.54) is 11.4 Å². The van der Waals surface area contributed by atoms with Crippen molar-refractivity contribution in [2.24, 2.45) is 0 Å². The van der Waals surface area contributed by atoms with Crippen molar-refractivity contribution >= 4 is 55.6 Å². The standard InChI is InChI=1S/C28H30F2N4O4S3/c1-33(41(36,37)25-11-6-14-39-25)24-10-5-9-21-15-23(32-26(21)24)27(35)31-16-22(40-18-20-7-3-2-4-8-20)17-34-12-13-38-28(29,30)19-34/h2-11,14-15,22,32H,12-13,16-19H2,1H3,(H,31,35). The van der Waals surface area contributed by atoms with Gasteiger partial charge in [-0.1, -0.05) is 48.5 Å². The molecule has 5 rings (SSSR count). The molecule has 13 heteroatoms. The van der Waals surface area contributed by atoms with E-state index in [0.717, 1.165) is 16.9 Å². The molecule has 3 heterocycles. The van der Waals surface area contributed by atoms with E-state index in [9.17, 15) is 22.0 Å². The number of nitrogens with one attached hydrogen (secondary N) is 2. The van der Waals surface area contributed by atoms with Crippen molar-refractivity contribution in [1.82, 2.24) is 15.2 Å². The number of sulfonamides is 1. The number of hydrogen-bond donors (Lipinski definition) is 2. The third-order valence-corrected chi connectivity index (χ3v) is 11.2. The fourth-order valence-corrected chi connectivity index (χ4v) is 8.13. The topological polar surface area (TPSA) is 94.7 Å². The van der Waals surface area contributed by atoms with E-state index in [2.05, 4.69) is 15.0 Å². The fraction of sp³-hybridized carbons (Fsp3) is 0.321. The number of para-hydroxylation sites is 1. The van der Waals surface area contributed by atoms with Crippen LogP contribution in [0.2, 0.25) is 0 Å². The zero-order chi connectivity index (χ0) is 29.0. The third kappa shape index (κ3) is 7.09. The van der Waals surface area contributed by atoms with Gasteiger partial charge in [-0.15, -0.1) is 11.3 Å². The highest BCUT2D eigenvalue weighted by Gasteiger charge is 2.37. The number of aromatic nitrogens is 1. The highest BCUT2D eigenvalue weighted by molar-refractivity contribution is 7.99. The first-order chi connectivity index (χ1) is 19.6. The van der Waals surface area contributed by atoms with E-state index in [1.54, 1.807) is 58.4 Å². The van der Waals surface area contributed by atoms with Crippen LogP contribution in [0.15, 0.2) is 76.3 Å². The van der Waals surface area contributed by atoms with Crippen molar-refractivity contribution in [3.8, 4) is 0 Å². The molecule has 4 aromatic rings. The molecule has 0 spiro atoms. The number of rotatable bonds is 11. The van der Waals surface area contributed by atoms with Crippen LogP contribution in [0, 0.1) is 0 Å². The van der Waals surface area contributed by atoms with Crippen LogP contribution >= 0.6 is 23.1 Å². The van der Waals surface area contributed by atoms with Crippen molar-refractivity contribution in [2.75, 3.05) is 44.1 Å². The number of aromatic amines is 1. The van der Waals surface area contributed by atoms with Crippen LogP contribution in [0.25, 0.3) is 10.9 Å². The monoisotopic (exact) mass is 620 g/mol. The number of fused-ring (bicyclic) bond motifs is 1. The van der Waals surface area contributed by atoms with Gasteiger partial charge in [0, 0.05) is 43.1 Å². The van der Waals surface area contributed by atoms with Gasteiger partial charge in [0.1, 0.15) is 9.90 Å². The number of H-pyrrole nitrogens is 1. The number of thioether (sulfide) groups is 1. The highest BCUT2D eigenvalue weighted by atomic mass is 32.2. The number of halogens is 2. The van der Waals surface area contributed by atoms with Crippen LogP contribution in [0.3, 0.4) is 0 Å². The number of amides is 1. The molecule has 1 aliphatic rings. The number of carbonyl (C=O) groups excluding carboxylic acids is 1. The van der Waals surface area contributed by atoms with E-state index < -0.39 is 22.7 Å². The van der Waals surface area contributed by atoms with Gasteiger partial charge in [0.2, 0.25) is 0 Å². The smallest absolute Gasteiger partial charge is 0.350 e. The zero-order valence-electron chi connectivity index (χ0n) is 22.3. The molecule has 1 amide bonds. The molecular weight excluding hydrogens is 591 g/mol. The molecular formula is C28H30F2N4O4S3. The number of hydrogen-bond acceptors (Lipinski definition) is 7. The lowest BCUT2D eigenvalue weighted by molar-refractivity contribution is -0.269. The molecule has 1 fully saturated rings. The molecule has 1 aliphatic heterocycles. The zero-order valence-corrected chi connectivity index (χ0v) is 24.7. The van der Waals surface area contributed by atoms with E-state index in [-0.39, 0.29) is 34.2 Å². The third-order valence-electron chi connectivity index (χ3n) is 6.74. The van der Waals surface area contributed by atoms with E-state index in [4.69, 9.17) is 0 Å². The number of ether oxygens (including phenoxy) is 1. The van der Waals surface area contributed by atoms with Gasteiger partial charge < -0.3 is 15.0 Å². The molecule has 0 bridgehead atoms. The summed E-state index contributed by atoms with van der Waals surface area (Å²) in [6, 6.07) is 20.0. The molecule has 0 radical (unpaired) electrons. The van der Waals surface area contributed by atoms with Crippen molar-refractivity contribution in [2.45, 2.75) is 21.3 Å². The number of alkyl halides is 2. The Bertz CT molecular complexity index is 1580. The summed E-state index contributed by atoms with van der Waals surface area (Å²) in [5.41, 5.74) is 2.32. The highest BCUT2D eigenvalue weighted by Crippen LogP contribution is 2.31. The van der Waals surface area contributed by atoms with Crippen LogP contribution in [0.1, 0.15) is 16.1 Å². The Balaban J connectivity index is 1.30. The summed E-state index contributed by atoms with van der Waals surface area (Å²) in [6.07, 6.45) is -3.19.